The molecule has 0 aromatic carbocycles. The predicted molar refractivity (Wildman–Crippen MR) is 69.9 cm³/mol. The summed E-state index contributed by atoms with van der Waals surface area (Å²) < 4.78 is 9.94. The number of hydrogen-bond donors (Lipinski definition) is 1. The number of likely N-dealkylation sites (N-methyl/N-ethyl adjacent to an activating group) is 1. The Hall–Kier alpha value is -2.22. The number of rotatable bonds is 6. The van der Waals surface area contributed by atoms with Crippen LogP contribution in [0.25, 0.3) is 0 Å². The molecule has 0 aliphatic rings. The van der Waals surface area contributed by atoms with Crippen molar-refractivity contribution in [2.45, 2.75) is 26.8 Å². The van der Waals surface area contributed by atoms with Crippen molar-refractivity contribution in [2.75, 3.05) is 18.9 Å². The maximum absolute atomic E-state index is 11.8. The van der Waals surface area contributed by atoms with Gasteiger partial charge in [0.15, 0.2) is 11.6 Å². The Morgan fingerprint density at radius 3 is 2.80 bits per heavy atom. The van der Waals surface area contributed by atoms with Gasteiger partial charge in [-0.3, -0.25) is 9.69 Å². The van der Waals surface area contributed by atoms with Crippen molar-refractivity contribution in [2.24, 2.45) is 0 Å². The second kappa shape index (κ2) is 6.29. The van der Waals surface area contributed by atoms with E-state index < -0.39 is 0 Å². The molecule has 2 heterocycles. The van der Waals surface area contributed by atoms with Crippen LogP contribution < -0.4 is 5.32 Å². The topological polar surface area (TPSA) is 97.3 Å². The second-order valence-corrected chi connectivity index (χ2v) is 4.50. The first-order valence-electron chi connectivity index (χ1n) is 6.30. The van der Waals surface area contributed by atoms with Gasteiger partial charge in [-0.15, -0.1) is 0 Å². The molecule has 0 aliphatic heterocycles. The van der Waals surface area contributed by atoms with Crippen LogP contribution in [0.4, 0.5) is 5.82 Å². The predicted octanol–water partition coefficient (Wildman–Crippen LogP) is 0.999. The van der Waals surface area contributed by atoms with Gasteiger partial charge in [-0.1, -0.05) is 17.2 Å². The molecule has 1 N–H and O–H groups in total. The number of carbonyl (C=O) groups is 1. The van der Waals surface area contributed by atoms with Crippen molar-refractivity contribution >= 4 is 11.7 Å². The quantitative estimate of drug-likeness (QED) is 0.842. The van der Waals surface area contributed by atoms with E-state index in [0.29, 0.717) is 29.8 Å². The summed E-state index contributed by atoms with van der Waals surface area (Å²) in [6.07, 6.45) is 0.721. The molecule has 0 saturated carbocycles. The monoisotopic (exact) mass is 279 g/mol. The van der Waals surface area contributed by atoms with Crippen LogP contribution in [0, 0.1) is 6.92 Å². The van der Waals surface area contributed by atoms with E-state index in [4.69, 9.17) is 9.05 Å². The highest BCUT2D eigenvalue weighted by Gasteiger charge is 2.12. The molecular formula is C12H17N5O3. The van der Waals surface area contributed by atoms with Gasteiger partial charge in [0.1, 0.15) is 5.76 Å². The maximum Gasteiger partial charge on any atom is 0.240 e. The molecule has 0 bridgehead atoms. The lowest BCUT2D eigenvalue weighted by Crippen LogP contribution is -2.30. The fourth-order valence-corrected chi connectivity index (χ4v) is 1.64. The zero-order valence-corrected chi connectivity index (χ0v) is 11.7. The molecule has 0 aliphatic carbocycles. The first-order valence-corrected chi connectivity index (χ1v) is 6.30. The van der Waals surface area contributed by atoms with Crippen LogP contribution in [0.15, 0.2) is 15.1 Å². The van der Waals surface area contributed by atoms with E-state index >= 15 is 0 Å². The molecule has 0 unspecified atom stereocenters. The molecule has 1 amide bonds. The largest absolute Gasteiger partial charge is 0.360 e. The van der Waals surface area contributed by atoms with Crippen LogP contribution in [-0.2, 0) is 17.8 Å². The lowest BCUT2D eigenvalue weighted by molar-refractivity contribution is -0.117. The SMILES string of the molecule is CCc1noc(CN(C)CC(=O)Nc2cc(C)on2)n1. The van der Waals surface area contributed by atoms with Gasteiger partial charge in [-0.25, -0.2) is 0 Å². The lowest BCUT2D eigenvalue weighted by Gasteiger charge is -2.12. The lowest BCUT2D eigenvalue weighted by atomic mass is 10.4. The fourth-order valence-electron chi connectivity index (χ4n) is 1.64. The summed E-state index contributed by atoms with van der Waals surface area (Å²) in [6.45, 7) is 4.31. The van der Waals surface area contributed by atoms with Gasteiger partial charge >= 0.3 is 0 Å². The van der Waals surface area contributed by atoms with E-state index in [0.717, 1.165) is 6.42 Å². The highest BCUT2D eigenvalue weighted by atomic mass is 16.5. The standard InChI is InChI=1S/C12H17N5O3/c1-4-9-14-12(20-15-9)7-17(3)6-11(18)13-10-5-8(2)19-16-10/h5H,4,6-7H2,1-3H3,(H,13,16,18). The first kappa shape index (κ1) is 14.2. The Morgan fingerprint density at radius 1 is 1.40 bits per heavy atom. The number of nitrogens with zero attached hydrogens (tertiary/aromatic N) is 4. The molecule has 0 fully saturated rings. The summed E-state index contributed by atoms with van der Waals surface area (Å²) in [6, 6.07) is 1.66. The molecule has 0 saturated heterocycles. The number of aromatic nitrogens is 3. The van der Waals surface area contributed by atoms with Gasteiger partial charge in [0.25, 0.3) is 0 Å². The number of carbonyl (C=O) groups excluding carboxylic acids is 1. The summed E-state index contributed by atoms with van der Waals surface area (Å²) in [5.74, 6) is 2.03. The molecule has 2 aromatic heterocycles. The number of hydrogen-bond acceptors (Lipinski definition) is 7. The van der Waals surface area contributed by atoms with Gasteiger partial charge in [-0.2, -0.15) is 4.98 Å². The Labute approximate surface area is 116 Å². The molecule has 0 radical (unpaired) electrons. The first-order chi connectivity index (χ1) is 9.56. The van der Waals surface area contributed by atoms with Crippen LogP contribution in [0.5, 0.6) is 0 Å². The molecule has 108 valence electrons. The Balaban J connectivity index is 1.81. The van der Waals surface area contributed by atoms with Gasteiger partial charge in [0, 0.05) is 12.5 Å². The summed E-state index contributed by atoms with van der Waals surface area (Å²) >= 11 is 0. The summed E-state index contributed by atoms with van der Waals surface area (Å²) in [7, 11) is 1.80. The molecule has 8 nitrogen and oxygen atoms in total. The minimum atomic E-state index is -0.184. The van der Waals surface area contributed by atoms with Crippen LogP contribution in [0.3, 0.4) is 0 Å². The number of anilines is 1. The van der Waals surface area contributed by atoms with E-state index in [1.165, 1.54) is 0 Å². The van der Waals surface area contributed by atoms with E-state index in [1.54, 1.807) is 24.9 Å². The molecule has 20 heavy (non-hydrogen) atoms. The molecule has 2 aromatic rings. The zero-order valence-electron chi connectivity index (χ0n) is 11.7. The molecular weight excluding hydrogens is 262 g/mol. The normalized spacial score (nSPS) is 11.0. The fraction of sp³-hybridized carbons (Fsp3) is 0.500. The third kappa shape index (κ3) is 3.89. The zero-order chi connectivity index (χ0) is 14.5. The molecule has 0 spiro atoms. The van der Waals surface area contributed by atoms with E-state index in [-0.39, 0.29) is 12.5 Å². The van der Waals surface area contributed by atoms with E-state index in [2.05, 4.69) is 20.6 Å². The maximum atomic E-state index is 11.8. The highest BCUT2D eigenvalue weighted by molar-refractivity contribution is 5.91. The van der Waals surface area contributed by atoms with E-state index in [1.807, 2.05) is 6.92 Å². The summed E-state index contributed by atoms with van der Waals surface area (Å²) in [4.78, 5) is 17.7. The summed E-state index contributed by atoms with van der Waals surface area (Å²) in [5.41, 5.74) is 0. The van der Waals surface area contributed by atoms with Crippen molar-refractivity contribution in [1.29, 1.82) is 0 Å². The number of amides is 1. The minimum absolute atomic E-state index is 0.184. The van der Waals surface area contributed by atoms with Crippen molar-refractivity contribution < 1.29 is 13.8 Å². The van der Waals surface area contributed by atoms with Gasteiger partial charge in [0.2, 0.25) is 11.8 Å². The van der Waals surface area contributed by atoms with Crippen molar-refractivity contribution in [3.63, 3.8) is 0 Å². The van der Waals surface area contributed by atoms with Crippen LogP contribution in [-0.4, -0.2) is 39.7 Å². The second-order valence-electron chi connectivity index (χ2n) is 4.50. The minimum Gasteiger partial charge on any atom is -0.360 e. The van der Waals surface area contributed by atoms with Crippen LogP contribution in [0.1, 0.15) is 24.4 Å². The van der Waals surface area contributed by atoms with Crippen molar-refractivity contribution in [3.05, 3.63) is 23.5 Å². The average Bonchev–Trinajstić information content (AvgIpc) is 2.98. The van der Waals surface area contributed by atoms with Crippen LogP contribution >= 0.6 is 0 Å². The number of aryl methyl sites for hydroxylation is 2. The Bertz CT molecular complexity index is 577. The van der Waals surface area contributed by atoms with Crippen LogP contribution in [0.2, 0.25) is 0 Å². The number of nitrogens with one attached hydrogen (secondary N) is 1. The smallest absolute Gasteiger partial charge is 0.240 e. The Morgan fingerprint density at radius 2 is 2.20 bits per heavy atom. The Kier molecular flexibility index (Phi) is 4.46. The highest BCUT2D eigenvalue weighted by Crippen LogP contribution is 2.07. The third-order valence-electron chi connectivity index (χ3n) is 2.54. The average molecular weight is 279 g/mol. The third-order valence-corrected chi connectivity index (χ3v) is 2.54. The van der Waals surface area contributed by atoms with E-state index in [9.17, 15) is 4.79 Å². The van der Waals surface area contributed by atoms with Gasteiger partial charge in [0.05, 0.1) is 13.1 Å². The van der Waals surface area contributed by atoms with Crippen molar-refractivity contribution in [3.8, 4) is 0 Å². The molecule has 0 atom stereocenters. The van der Waals surface area contributed by atoms with Gasteiger partial charge in [-0.05, 0) is 14.0 Å². The van der Waals surface area contributed by atoms with Gasteiger partial charge < -0.3 is 14.4 Å². The van der Waals surface area contributed by atoms with Crippen molar-refractivity contribution in [1.82, 2.24) is 20.2 Å². The molecule has 2 rings (SSSR count). The molecule has 8 heteroatoms. The summed E-state index contributed by atoms with van der Waals surface area (Å²) in [5, 5.41) is 10.1.